The van der Waals surface area contributed by atoms with Gasteiger partial charge in [0.25, 0.3) is 10.0 Å². The molecule has 0 saturated heterocycles. The average Bonchev–Trinajstić information content (AvgIpc) is 2.51. The van der Waals surface area contributed by atoms with Gasteiger partial charge in [0.1, 0.15) is 5.82 Å². The van der Waals surface area contributed by atoms with Gasteiger partial charge in [-0.25, -0.2) is 9.37 Å². The molecular weight excluding hydrogens is 305 g/mol. The van der Waals surface area contributed by atoms with E-state index in [2.05, 4.69) is 14.7 Å². The third kappa shape index (κ3) is 2.62. The number of nitrogens with zero attached hydrogens (tertiary/aromatic N) is 2. The molecule has 0 unspecified atom stereocenters. The molecule has 0 aliphatic heterocycles. The highest BCUT2D eigenvalue weighted by Crippen LogP contribution is 2.25. The number of benzene rings is 1. The molecule has 3 aromatic rings. The highest BCUT2D eigenvalue weighted by molar-refractivity contribution is 7.92. The minimum atomic E-state index is -3.86. The van der Waals surface area contributed by atoms with Crippen molar-refractivity contribution in [2.75, 3.05) is 4.72 Å². The Morgan fingerprint density at radius 2 is 1.91 bits per heavy atom. The number of halogens is 1. The van der Waals surface area contributed by atoms with Gasteiger partial charge in [0.15, 0.2) is 5.03 Å². The number of nitrogens with one attached hydrogen (secondary N) is 1. The first-order valence-corrected chi connectivity index (χ1v) is 7.94. The van der Waals surface area contributed by atoms with E-state index in [1.807, 2.05) is 6.92 Å². The van der Waals surface area contributed by atoms with Crippen LogP contribution in [0.3, 0.4) is 0 Å². The maximum Gasteiger partial charge on any atom is 0.279 e. The fraction of sp³-hybridized carbons (Fsp3) is 0.0667. The maximum absolute atomic E-state index is 13.7. The molecule has 112 valence electrons. The van der Waals surface area contributed by atoms with Crippen molar-refractivity contribution in [1.82, 2.24) is 9.97 Å². The summed E-state index contributed by atoms with van der Waals surface area (Å²) in [6.07, 6.45) is 2.94. The number of aromatic nitrogens is 2. The van der Waals surface area contributed by atoms with E-state index >= 15 is 0 Å². The summed E-state index contributed by atoms with van der Waals surface area (Å²) < 4.78 is 40.8. The van der Waals surface area contributed by atoms with Crippen LogP contribution >= 0.6 is 0 Å². The van der Waals surface area contributed by atoms with Gasteiger partial charge < -0.3 is 0 Å². The van der Waals surface area contributed by atoms with Crippen LogP contribution in [0.4, 0.5) is 10.1 Å². The van der Waals surface area contributed by atoms with Gasteiger partial charge in [-0.3, -0.25) is 9.71 Å². The molecular formula is C15H12FN3O2S. The van der Waals surface area contributed by atoms with E-state index in [-0.39, 0.29) is 21.6 Å². The van der Waals surface area contributed by atoms with Gasteiger partial charge >= 0.3 is 0 Å². The third-order valence-electron chi connectivity index (χ3n) is 3.12. The third-order valence-corrected chi connectivity index (χ3v) is 4.40. The number of anilines is 1. The predicted octanol–water partition coefficient (Wildman–Crippen LogP) is 2.88. The van der Waals surface area contributed by atoms with E-state index in [1.165, 1.54) is 30.6 Å². The summed E-state index contributed by atoms with van der Waals surface area (Å²) in [5, 5.41) is 0.145. The van der Waals surface area contributed by atoms with Gasteiger partial charge in [-0.05, 0) is 42.8 Å². The van der Waals surface area contributed by atoms with E-state index in [9.17, 15) is 12.8 Å². The Balaban J connectivity index is 2.06. The Morgan fingerprint density at radius 1 is 1.09 bits per heavy atom. The van der Waals surface area contributed by atoms with E-state index < -0.39 is 15.8 Å². The molecule has 0 bridgehead atoms. The first-order valence-electron chi connectivity index (χ1n) is 6.46. The summed E-state index contributed by atoms with van der Waals surface area (Å²) in [6, 6.07) is 8.74. The van der Waals surface area contributed by atoms with Crippen molar-refractivity contribution in [3.63, 3.8) is 0 Å². The Labute approximate surface area is 126 Å². The van der Waals surface area contributed by atoms with Gasteiger partial charge in [-0.2, -0.15) is 8.42 Å². The summed E-state index contributed by atoms with van der Waals surface area (Å²) in [5.74, 6) is -0.459. The van der Waals surface area contributed by atoms with Gasteiger partial charge in [0.2, 0.25) is 0 Å². The highest BCUT2D eigenvalue weighted by Gasteiger charge is 2.18. The number of fused-ring (bicyclic) bond motifs is 1. The molecule has 0 amide bonds. The molecule has 7 heteroatoms. The molecule has 22 heavy (non-hydrogen) atoms. The lowest BCUT2D eigenvalue weighted by Gasteiger charge is -2.10. The number of rotatable bonds is 3. The summed E-state index contributed by atoms with van der Waals surface area (Å²) in [4.78, 5) is 7.95. The fourth-order valence-corrected chi connectivity index (χ4v) is 3.03. The molecule has 1 aromatic carbocycles. The van der Waals surface area contributed by atoms with Crippen LogP contribution < -0.4 is 4.72 Å². The molecule has 0 fully saturated rings. The molecule has 0 aliphatic rings. The Kier molecular flexibility index (Phi) is 3.50. The molecule has 0 atom stereocenters. The summed E-state index contributed by atoms with van der Waals surface area (Å²) in [6.45, 7) is 1.81. The van der Waals surface area contributed by atoms with Crippen LogP contribution in [-0.2, 0) is 10.0 Å². The molecule has 0 aliphatic carbocycles. The van der Waals surface area contributed by atoms with Crippen LogP contribution in [0.25, 0.3) is 10.9 Å². The Morgan fingerprint density at radius 3 is 2.64 bits per heavy atom. The lowest BCUT2D eigenvalue weighted by Crippen LogP contribution is -2.15. The zero-order valence-electron chi connectivity index (χ0n) is 11.6. The molecule has 0 spiro atoms. The van der Waals surface area contributed by atoms with Crippen molar-refractivity contribution < 1.29 is 12.8 Å². The van der Waals surface area contributed by atoms with E-state index in [4.69, 9.17) is 0 Å². The minimum absolute atomic E-state index is 0.105. The Hall–Kier alpha value is -2.54. The van der Waals surface area contributed by atoms with Crippen LogP contribution in [0.1, 0.15) is 5.56 Å². The number of hydrogen-bond donors (Lipinski definition) is 1. The molecule has 0 radical (unpaired) electrons. The van der Waals surface area contributed by atoms with Crippen molar-refractivity contribution in [2.24, 2.45) is 0 Å². The van der Waals surface area contributed by atoms with Crippen molar-refractivity contribution in [1.29, 1.82) is 0 Å². The van der Waals surface area contributed by atoms with Crippen molar-refractivity contribution in [2.45, 2.75) is 11.9 Å². The van der Waals surface area contributed by atoms with Crippen LogP contribution in [0, 0.1) is 12.7 Å². The van der Waals surface area contributed by atoms with Crippen LogP contribution in [-0.4, -0.2) is 18.4 Å². The normalized spacial score (nSPS) is 11.5. The summed E-state index contributed by atoms with van der Waals surface area (Å²) >= 11 is 0. The van der Waals surface area contributed by atoms with Gasteiger partial charge in [-0.1, -0.05) is 6.07 Å². The van der Waals surface area contributed by atoms with Crippen LogP contribution in [0.15, 0.2) is 53.8 Å². The second-order valence-corrected chi connectivity index (χ2v) is 6.40. The van der Waals surface area contributed by atoms with Crippen LogP contribution in [0.2, 0.25) is 0 Å². The summed E-state index contributed by atoms with van der Waals surface area (Å²) in [5.41, 5.74) is 1.31. The number of hydrogen-bond acceptors (Lipinski definition) is 4. The zero-order valence-corrected chi connectivity index (χ0v) is 12.4. The van der Waals surface area contributed by atoms with Gasteiger partial charge in [0, 0.05) is 17.8 Å². The minimum Gasteiger partial charge on any atom is -0.276 e. The predicted molar refractivity (Wildman–Crippen MR) is 81.5 cm³/mol. The van der Waals surface area contributed by atoms with E-state index in [0.717, 1.165) is 5.56 Å². The van der Waals surface area contributed by atoms with E-state index in [1.54, 1.807) is 18.2 Å². The van der Waals surface area contributed by atoms with Crippen molar-refractivity contribution >= 4 is 26.6 Å². The molecule has 5 nitrogen and oxygen atoms in total. The summed E-state index contributed by atoms with van der Waals surface area (Å²) in [7, 11) is -3.86. The number of sulfonamides is 1. The first-order chi connectivity index (χ1) is 10.5. The molecule has 2 aromatic heterocycles. The van der Waals surface area contributed by atoms with Gasteiger partial charge in [-0.15, -0.1) is 0 Å². The second kappa shape index (κ2) is 5.34. The highest BCUT2D eigenvalue weighted by atomic mass is 32.2. The van der Waals surface area contributed by atoms with Crippen LogP contribution in [0.5, 0.6) is 0 Å². The van der Waals surface area contributed by atoms with Crippen molar-refractivity contribution in [3.8, 4) is 0 Å². The second-order valence-electron chi connectivity index (χ2n) is 4.77. The molecule has 0 saturated carbocycles. The van der Waals surface area contributed by atoms with Gasteiger partial charge in [0.05, 0.1) is 11.2 Å². The largest absolute Gasteiger partial charge is 0.279 e. The quantitative estimate of drug-likeness (QED) is 0.806. The lowest BCUT2D eigenvalue weighted by atomic mass is 10.2. The number of pyridine rings is 2. The smallest absolute Gasteiger partial charge is 0.276 e. The molecule has 3 rings (SSSR count). The van der Waals surface area contributed by atoms with E-state index in [0.29, 0.717) is 0 Å². The molecule has 2 heterocycles. The molecule has 1 N–H and O–H groups in total. The Bertz CT molecular complexity index is 941. The van der Waals surface area contributed by atoms with Crippen molar-refractivity contribution in [3.05, 3.63) is 60.2 Å². The lowest BCUT2D eigenvalue weighted by molar-refractivity contribution is 0.597. The standard InChI is InChI=1S/C15H12FN3O2S/c1-10-4-7-14(18-9-10)22(20,21)19-13-6-5-12(16)11-3-2-8-17-15(11)13/h2-9,19H,1H3. The SMILES string of the molecule is Cc1ccc(S(=O)(=O)Nc2ccc(F)c3cccnc23)nc1. The first kappa shape index (κ1) is 14.4. The topological polar surface area (TPSA) is 72.0 Å². The average molecular weight is 317 g/mol. The zero-order chi connectivity index (χ0) is 15.7. The monoisotopic (exact) mass is 317 g/mol. The number of aryl methyl sites for hydroxylation is 1. The maximum atomic E-state index is 13.7. The fourth-order valence-electron chi connectivity index (χ4n) is 2.03.